The van der Waals surface area contributed by atoms with E-state index in [1.807, 2.05) is 28.9 Å². The molecule has 136 valence electrons. The van der Waals surface area contributed by atoms with Crippen LogP contribution in [-0.2, 0) is 9.53 Å². The fourth-order valence-electron chi connectivity index (χ4n) is 3.50. The number of amides is 2. The van der Waals surface area contributed by atoms with E-state index in [1.54, 1.807) is 6.20 Å². The molecule has 2 saturated heterocycles. The van der Waals surface area contributed by atoms with Crippen molar-refractivity contribution >= 4 is 11.8 Å². The summed E-state index contributed by atoms with van der Waals surface area (Å²) in [7, 11) is 0. The Bertz CT molecular complexity index is 588. The van der Waals surface area contributed by atoms with Crippen molar-refractivity contribution in [2.75, 3.05) is 39.4 Å². The van der Waals surface area contributed by atoms with Crippen molar-refractivity contribution in [2.24, 2.45) is 5.92 Å². The molecule has 25 heavy (non-hydrogen) atoms. The molecular weight excluding hydrogens is 318 g/mol. The van der Waals surface area contributed by atoms with Crippen LogP contribution >= 0.6 is 0 Å². The minimum atomic E-state index is 0.0651. The Morgan fingerprint density at radius 1 is 1.12 bits per heavy atom. The van der Waals surface area contributed by atoms with Crippen molar-refractivity contribution < 1.29 is 14.3 Å². The number of likely N-dealkylation sites (tertiary alicyclic amines) is 1. The normalized spacial score (nSPS) is 19.1. The van der Waals surface area contributed by atoms with Gasteiger partial charge in [0, 0.05) is 44.5 Å². The lowest BCUT2D eigenvalue weighted by Crippen LogP contribution is -2.41. The lowest BCUT2D eigenvalue weighted by Gasteiger charge is -2.32. The summed E-state index contributed by atoms with van der Waals surface area (Å²) >= 11 is 0. The quantitative estimate of drug-likeness (QED) is 0.836. The molecule has 2 aliphatic heterocycles. The van der Waals surface area contributed by atoms with Crippen molar-refractivity contribution in [1.82, 2.24) is 14.8 Å². The van der Waals surface area contributed by atoms with Gasteiger partial charge in [0.1, 0.15) is 0 Å². The van der Waals surface area contributed by atoms with Gasteiger partial charge in [0.05, 0.1) is 18.8 Å². The fourth-order valence-corrected chi connectivity index (χ4v) is 3.50. The predicted molar refractivity (Wildman–Crippen MR) is 94.2 cm³/mol. The molecule has 0 aliphatic carbocycles. The van der Waals surface area contributed by atoms with Crippen molar-refractivity contribution in [3.8, 4) is 0 Å². The third kappa shape index (κ3) is 4.78. The van der Waals surface area contributed by atoms with Gasteiger partial charge >= 0.3 is 0 Å². The van der Waals surface area contributed by atoms with Gasteiger partial charge in [0.2, 0.25) is 5.91 Å². The second kappa shape index (κ2) is 8.43. The third-order valence-corrected chi connectivity index (χ3v) is 5.19. The molecule has 0 saturated carbocycles. The van der Waals surface area contributed by atoms with E-state index in [-0.39, 0.29) is 11.8 Å². The van der Waals surface area contributed by atoms with Crippen molar-refractivity contribution in [3.63, 3.8) is 0 Å². The van der Waals surface area contributed by atoms with Crippen LogP contribution in [0.1, 0.15) is 41.7 Å². The highest BCUT2D eigenvalue weighted by molar-refractivity contribution is 5.94. The van der Waals surface area contributed by atoms with Gasteiger partial charge in [-0.1, -0.05) is 0 Å². The maximum absolute atomic E-state index is 12.5. The number of hydrogen-bond acceptors (Lipinski definition) is 4. The van der Waals surface area contributed by atoms with E-state index >= 15 is 0 Å². The average molecular weight is 345 g/mol. The minimum Gasteiger partial charge on any atom is -0.378 e. The van der Waals surface area contributed by atoms with Gasteiger partial charge in [-0.2, -0.15) is 0 Å². The third-order valence-electron chi connectivity index (χ3n) is 5.19. The Morgan fingerprint density at radius 3 is 2.48 bits per heavy atom. The number of rotatable bonds is 4. The predicted octanol–water partition coefficient (Wildman–Crippen LogP) is 1.88. The van der Waals surface area contributed by atoms with E-state index in [0.717, 1.165) is 51.1 Å². The number of piperidine rings is 1. The summed E-state index contributed by atoms with van der Waals surface area (Å²) in [6, 6.07) is 3.72. The van der Waals surface area contributed by atoms with Gasteiger partial charge in [0.25, 0.3) is 5.91 Å². The highest BCUT2D eigenvalue weighted by atomic mass is 16.5. The van der Waals surface area contributed by atoms with Gasteiger partial charge in [0.15, 0.2) is 0 Å². The minimum absolute atomic E-state index is 0.0651. The Labute approximate surface area is 149 Å². The Kier molecular flexibility index (Phi) is 6.02. The van der Waals surface area contributed by atoms with E-state index in [1.165, 1.54) is 0 Å². The molecule has 1 aromatic rings. The molecule has 3 heterocycles. The molecule has 0 bridgehead atoms. The maximum atomic E-state index is 12.5. The Hall–Kier alpha value is -1.95. The first-order chi connectivity index (χ1) is 12.1. The van der Waals surface area contributed by atoms with Crippen LogP contribution in [0.25, 0.3) is 0 Å². The summed E-state index contributed by atoms with van der Waals surface area (Å²) in [6.45, 7) is 6.19. The molecule has 0 spiro atoms. The summed E-state index contributed by atoms with van der Waals surface area (Å²) in [6.07, 6.45) is 5.14. The smallest absolute Gasteiger partial charge is 0.255 e. The van der Waals surface area contributed by atoms with Crippen LogP contribution in [-0.4, -0.2) is 66.0 Å². The zero-order chi connectivity index (χ0) is 17.6. The summed E-state index contributed by atoms with van der Waals surface area (Å²) in [5.74, 6) is 0.841. The highest BCUT2D eigenvalue weighted by Crippen LogP contribution is 2.23. The first kappa shape index (κ1) is 17.9. The number of aryl methyl sites for hydroxylation is 1. The van der Waals surface area contributed by atoms with Crippen LogP contribution < -0.4 is 0 Å². The van der Waals surface area contributed by atoms with Crippen LogP contribution in [0.2, 0.25) is 0 Å². The lowest BCUT2D eigenvalue weighted by atomic mass is 9.91. The van der Waals surface area contributed by atoms with E-state index in [2.05, 4.69) is 4.98 Å². The summed E-state index contributed by atoms with van der Waals surface area (Å²) in [4.78, 5) is 32.8. The number of carbonyl (C=O) groups excluding carboxylic acids is 2. The number of carbonyl (C=O) groups is 2. The standard InChI is InChI=1S/C19H27N3O3/c1-15-2-4-17(14-20-15)19(24)22-8-6-16(7-9-22)3-5-18(23)21-10-12-25-13-11-21/h2,4,14,16H,3,5-13H2,1H3. The molecule has 2 amide bonds. The Morgan fingerprint density at radius 2 is 1.84 bits per heavy atom. The molecule has 6 nitrogen and oxygen atoms in total. The molecule has 3 rings (SSSR count). The van der Waals surface area contributed by atoms with E-state index in [9.17, 15) is 9.59 Å². The molecule has 2 fully saturated rings. The summed E-state index contributed by atoms with van der Waals surface area (Å²) < 4.78 is 5.29. The van der Waals surface area contributed by atoms with Crippen molar-refractivity contribution in [3.05, 3.63) is 29.6 Å². The first-order valence-electron chi connectivity index (χ1n) is 9.21. The monoisotopic (exact) mass is 345 g/mol. The largest absolute Gasteiger partial charge is 0.378 e. The topological polar surface area (TPSA) is 62.7 Å². The SMILES string of the molecule is Cc1ccc(C(=O)N2CCC(CCC(=O)N3CCOCC3)CC2)cn1. The van der Waals surface area contributed by atoms with Gasteiger partial charge in [-0.05, 0) is 44.2 Å². The van der Waals surface area contributed by atoms with Crippen LogP contribution in [0.3, 0.4) is 0 Å². The van der Waals surface area contributed by atoms with E-state index in [4.69, 9.17) is 4.74 Å². The molecule has 0 unspecified atom stereocenters. The molecule has 0 aromatic carbocycles. The Balaban J connectivity index is 1.41. The fraction of sp³-hybridized carbons (Fsp3) is 0.632. The summed E-state index contributed by atoms with van der Waals surface area (Å²) in [5.41, 5.74) is 1.58. The van der Waals surface area contributed by atoms with Gasteiger partial charge < -0.3 is 14.5 Å². The molecular formula is C19H27N3O3. The second-order valence-corrected chi connectivity index (χ2v) is 6.96. The van der Waals surface area contributed by atoms with E-state index in [0.29, 0.717) is 31.1 Å². The number of hydrogen-bond donors (Lipinski definition) is 0. The number of ether oxygens (including phenoxy) is 1. The molecule has 0 radical (unpaired) electrons. The average Bonchev–Trinajstić information content (AvgIpc) is 2.67. The highest BCUT2D eigenvalue weighted by Gasteiger charge is 2.25. The van der Waals surface area contributed by atoms with Crippen molar-refractivity contribution in [2.45, 2.75) is 32.6 Å². The molecule has 0 atom stereocenters. The molecule has 2 aliphatic rings. The van der Waals surface area contributed by atoms with Crippen molar-refractivity contribution in [1.29, 1.82) is 0 Å². The molecule has 6 heteroatoms. The molecule has 0 N–H and O–H groups in total. The zero-order valence-electron chi connectivity index (χ0n) is 14.9. The number of morpholine rings is 1. The van der Waals surface area contributed by atoms with Gasteiger partial charge in [-0.3, -0.25) is 14.6 Å². The zero-order valence-corrected chi connectivity index (χ0v) is 14.9. The van der Waals surface area contributed by atoms with Crippen LogP contribution in [0.4, 0.5) is 0 Å². The molecule has 1 aromatic heterocycles. The first-order valence-corrected chi connectivity index (χ1v) is 9.21. The van der Waals surface area contributed by atoms with Gasteiger partial charge in [-0.25, -0.2) is 0 Å². The number of nitrogens with zero attached hydrogens (tertiary/aromatic N) is 3. The number of aromatic nitrogens is 1. The van der Waals surface area contributed by atoms with E-state index < -0.39 is 0 Å². The summed E-state index contributed by atoms with van der Waals surface area (Å²) in [5, 5.41) is 0. The number of pyridine rings is 1. The van der Waals surface area contributed by atoms with Gasteiger partial charge in [-0.15, -0.1) is 0 Å². The maximum Gasteiger partial charge on any atom is 0.255 e. The van der Waals surface area contributed by atoms with Crippen LogP contribution in [0.15, 0.2) is 18.3 Å². The lowest BCUT2D eigenvalue weighted by molar-refractivity contribution is -0.135. The van der Waals surface area contributed by atoms with Crippen LogP contribution in [0.5, 0.6) is 0 Å². The van der Waals surface area contributed by atoms with Crippen LogP contribution in [0, 0.1) is 12.8 Å². The second-order valence-electron chi connectivity index (χ2n) is 6.96.